The van der Waals surface area contributed by atoms with Gasteiger partial charge in [0.25, 0.3) is 5.91 Å². The number of carboxylic acid groups (broad SMARTS) is 1. The zero-order chi connectivity index (χ0) is 13.1. The van der Waals surface area contributed by atoms with Crippen molar-refractivity contribution in [3.8, 4) is 0 Å². The molecule has 0 radical (unpaired) electrons. The number of rotatable bonds is 2. The first-order valence-corrected chi connectivity index (χ1v) is 5.73. The number of aliphatic carboxylic acids is 1. The molecule has 5 nitrogen and oxygen atoms in total. The number of hydrogen-bond acceptors (Lipinski definition) is 4. The van der Waals surface area contributed by atoms with E-state index < -0.39 is 23.9 Å². The van der Waals surface area contributed by atoms with Crippen LogP contribution in [-0.4, -0.2) is 34.3 Å². The number of halogens is 1. The smallest absolute Gasteiger partial charge is 0.548 e. The summed E-state index contributed by atoms with van der Waals surface area (Å²) in [4.78, 5) is 27.6. The summed E-state index contributed by atoms with van der Waals surface area (Å²) < 4.78 is 13.4. The van der Waals surface area contributed by atoms with E-state index in [-0.39, 0.29) is 35.1 Å². The third-order valence-electron chi connectivity index (χ3n) is 3.03. The van der Waals surface area contributed by atoms with Gasteiger partial charge in [-0.15, -0.1) is 0 Å². The first-order valence-electron chi connectivity index (χ1n) is 5.73. The van der Waals surface area contributed by atoms with E-state index in [9.17, 15) is 19.1 Å². The number of likely N-dealkylation sites (tertiary alicyclic amines) is 1. The molecule has 0 aromatic carbocycles. The number of amides is 1. The van der Waals surface area contributed by atoms with Gasteiger partial charge in [0.1, 0.15) is 0 Å². The molecular weight excluding hydrogens is 262 g/mol. The number of piperidine rings is 1. The number of aromatic nitrogens is 1. The Labute approximate surface area is 132 Å². The Morgan fingerprint density at radius 2 is 2.16 bits per heavy atom. The Morgan fingerprint density at radius 1 is 1.42 bits per heavy atom. The molecule has 96 valence electrons. The van der Waals surface area contributed by atoms with E-state index in [0.29, 0.717) is 19.4 Å². The number of nitrogens with zero attached hydrogens (tertiary/aromatic N) is 2. The van der Waals surface area contributed by atoms with Crippen LogP contribution in [-0.2, 0) is 4.79 Å². The van der Waals surface area contributed by atoms with E-state index in [1.807, 2.05) is 0 Å². The van der Waals surface area contributed by atoms with Crippen LogP contribution in [0.25, 0.3) is 0 Å². The zero-order valence-electron chi connectivity index (χ0n) is 10.6. The zero-order valence-corrected chi connectivity index (χ0v) is 12.6. The number of carbonyl (C=O) groups excluding carboxylic acids is 2. The van der Waals surface area contributed by atoms with E-state index >= 15 is 0 Å². The average Bonchev–Trinajstić information content (AvgIpc) is 2.38. The van der Waals surface area contributed by atoms with Crippen LogP contribution in [0, 0.1) is 5.95 Å². The number of carbonyl (C=O) groups is 2. The van der Waals surface area contributed by atoms with E-state index in [2.05, 4.69) is 4.98 Å². The largest absolute Gasteiger partial charge is 1.00 e. The van der Waals surface area contributed by atoms with Gasteiger partial charge in [0.2, 0.25) is 5.95 Å². The van der Waals surface area contributed by atoms with Gasteiger partial charge in [-0.25, -0.2) is 4.98 Å². The molecule has 1 aromatic rings. The molecule has 7 heteroatoms. The van der Waals surface area contributed by atoms with Gasteiger partial charge >= 0.3 is 29.6 Å². The van der Waals surface area contributed by atoms with E-state index in [4.69, 9.17) is 0 Å². The molecule has 19 heavy (non-hydrogen) atoms. The summed E-state index contributed by atoms with van der Waals surface area (Å²) in [6.45, 7) is 0.297. The molecule has 1 aliphatic heterocycles. The second kappa shape index (κ2) is 6.98. The maximum atomic E-state index is 13.4. The molecule has 1 amide bonds. The summed E-state index contributed by atoms with van der Waals surface area (Å²) in [6, 6.07) is 1.76. The fourth-order valence-electron chi connectivity index (χ4n) is 2.12. The van der Waals surface area contributed by atoms with Crippen molar-refractivity contribution in [1.82, 2.24) is 9.88 Å². The van der Waals surface area contributed by atoms with Crippen molar-refractivity contribution in [3.05, 3.63) is 29.8 Å². The van der Waals surface area contributed by atoms with Crippen LogP contribution in [0.1, 0.15) is 29.6 Å². The predicted molar refractivity (Wildman–Crippen MR) is 57.9 cm³/mol. The van der Waals surface area contributed by atoms with Crippen molar-refractivity contribution in [3.63, 3.8) is 0 Å². The summed E-state index contributed by atoms with van der Waals surface area (Å²) in [6.07, 6.45) is 3.00. The Bertz CT molecular complexity index is 484. The minimum atomic E-state index is -1.30. The molecule has 1 fully saturated rings. The van der Waals surface area contributed by atoms with Gasteiger partial charge in [-0.1, -0.05) is 0 Å². The maximum Gasteiger partial charge on any atom is 1.00 e. The molecular formula is C12H12FN2NaO3. The fraction of sp³-hybridized carbons (Fsp3) is 0.417. The third-order valence-corrected chi connectivity index (χ3v) is 3.03. The summed E-state index contributed by atoms with van der Waals surface area (Å²) >= 11 is 0. The Morgan fingerprint density at radius 3 is 2.79 bits per heavy atom. The molecule has 0 aliphatic carbocycles. The molecule has 1 saturated heterocycles. The summed E-state index contributed by atoms with van der Waals surface area (Å²) in [5, 5.41) is 11.0. The molecule has 0 N–H and O–H groups in total. The molecule has 2 heterocycles. The first-order chi connectivity index (χ1) is 8.61. The molecule has 1 aliphatic rings. The second-order valence-corrected chi connectivity index (χ2v) is 4.17. The minimum absolute atomic E-state index is 0. The topological polar surface area (TPSA) is 73.3 Å². The van der Waals surface area contributed by atoms with Crippen LogP contribution in [0.5, 0.6) is 0 Å². The van der Waals surface area contributed by atoms with Gasteiger partial charge in [-0.05, 0) is 31.4 Å². The van der Waals surface area contributed by atoms with Crippen molar-refractivity contribution in [2.24, 2.45) is 0 Å². The van der Waals surface area contributed by atoms with Crippen molar-refractivity contribution in [1.29, 1.82) is 0 Å². The SMILES string of the molecule is O=C([O-])C1CCCCN1C(=O)c1cccnc1F.[Na+]. The van der Waals surface area contributed by atoms with Crippen LogP contribution in [0.4, 0.5) is 4.39 Å². The van der Waals surface area contributed by atoms with Crippen LogP contribution >= 0.6 is 0 Å². The average molecular weight is 274 g/mol. The molecule has 2 rings (SSSR count). The van der Waals surface area contributed by atoms with E-state index in [1.54, 1.807) is 0 Å². The number of pyridine rings is 1. The van der Waals surface area contributed by atoms with Crippen LogP contribution < -0.4 is 34.7 Å². The van der Waals surface area contributed by atoms with E-state index in [0.717, 1.165) is 11.3 Å². The standard InChI is InChI=1S/C12H13FN2O3.Na/c13-10-8(4-3-6-14-10)11(16)15-7-2-1-5-9(15)12(17)18;/h3-4,6,9H,1-2,5,7H2,(H,17,18);/q;+1/p-1. The van der Waals surface area contributed by atoms with Crippen molar-refractivity contribution in [2.45, 2.75) is 25.3 Å². The van der Waals surface area contributed by atoms with Crippen LogP contribution in [0.15, 0.2) is 18.3 Å². The van der Waals surface area contributed by atoms with Crippen molar-refractivity contribution < 1.29 is 48.6 Å². The van der Waals surface area contributed by atoms with Gasteiger partial charge in [0, 0.05) is 12.7 Å². The maximum absolute atomic E-state index is 13.4. The molecule has 1 atom stereocenters. The van der Waals surface area contributed by atoms with Crippen LogP contribution in [0.2, 0.25) is 0 Å². The summed E-state index contributed by atoms with van der Waals surface area (Å²) in [5.41, 5.74) is -0.203. The molecule has 0 saturated carbocycles. The number of carboxylic acids is 1. The quantitative estimate of drug-likeness (QED) is 0.425. The minimum Gasteiger partial charge on any atom is -0.548 e. The summed E-state index contributed by atoms with van der Waals surface area (Å²) in [7, 11) is 0. The summed E-state index contributed by atoms with van der Waals surface area (Å²) in [5.74, 6) is -2.83. The number of hydrogen-bond donors (Lipinski definition) is 0. The Kier molecular flexibility index (Phi) is 5.90. The van der Waals surface area contributed by atoms with E-state index in [1.165, 1.54) is 18.3 Å². The Hall–Kier alpha value is -0.980. The van der Waals surface area contributed by atoms with Gasteiger partial charge in [0.05, 0.1) is 17.6 Å². The van der Waals surface area contributed by atoms with Gasteiger partial charge < -0.3 is 14.8 Å². The molecule has 1 aromatic heterocycles. The third kappa shape index (κ3) is 3.52. The van der Waals surface area contributed by atoms with Gasteiger partial charge in [-0.3, -0.25) is 4.79 Å². The van der Waals surface area contributed by atoms with Crippen LogP contribution in [0.3, 0.4) is 0 Å². The monoisotopic (exact) mass is 274 g/mol. The second-order valence-electron chi connectivity index (χ2n) is 4.17. The molecule has 0 bridgehead atoms. The van der Waals surface area contributed by atoms with Gasteiger partial charge in [0.15, 0.2) is 0 Å². The Balaban J connectivity index is 0.00000180. The fourth-order valence-corrected chi connectivity index (χ4v) is 2.12. The normalized spacial score (nSPS) is 18.6. The van der Waals surface area contributed by atoms with Crippen molar-refractivity contribution >= 4 is 11.9 Å². The van der Waals surface area contributed by atoms with Crippen molar-refractivity contribution in [2.75, 3.05) is 6.54 Å². The molecule has 1 unspecified atom stereocenters. The first kappa shape index (κ1) is 16.1. The predicted octanol–water partition coefficient (Wildman–Crippen LogP) is -3.03. The molecule has 0 spiro atoms. The van der Waals surface area contributed by atoms with Gasteiger partial charge in [-0.2, -0.15) is 4.39 Å².